The van der Waals surface area contributed by atoms with Gasteiger partial charge in [0.25, 0.3) is 0 Å². The molecule has 1 aromatic rings. The van der Waals surface area contributed by atoms with Crippen molar-refractivity contribution in [2.45, 2.75) is 18.4 Å². The molecule has 128 valence electrons. The lowest BCUT2D eigenvalue weighted by Crippen LogP contribution is -2.45. The van der Waals surface area contributed by atoms with E-state index in [0.717, 1.165) is 0 Å². The third-order valence-electron chi connectivity index (χ3n) is 4.03. The zero-order valence-corrected chi connectivity index (χ0v) is 11.8. The molecule has 0 saturated carbocycles. The van der Waals surface area contributed by atoms with Crippen molar-refractivity contribution >= 4 is 17.6 Å². The van der Waals surface area contributed by atoms with Gasteiger partial charge < -0.3 is 20.0 Å². The standard InChI is InChI=1S/C15H11F4NO4/c16-7-2-1-6(15(17,18)19)5-8(7)20-13(21)11-9-3-4-10(24-9)12(11)14(22)23/h1-5,9-12H,(H,20,21)(H,22,23)/p-1/t9-,10+,11+,12-/m0/s1. The van der Waals surface area contributed by atoms with Crippen LogP contribution in [-0.4, -0.2) is 24.1 Å². The monoisotopic (exact) mass is 344 g/mol. The van der Waals surface area contributed by atoms with Crippen LogP contribution in [0.4, 0.5) is 23.2 Å². The number of carboxylic acid groups (broad SMARTS) is 1. The van der Waals surface area contributed by atoms with Gasteiger partial charge in [0.2, 0.25) is 5.91 Å². The molecule has 3 rings (SSSR count). The van der Waals surface area contributed by atoms with Crippen molar-refractivity contribution in [2.24, 2.45) is 11.8 Å². The molecule has 5 nitrogen and oxygen atoms in total. The van der Waals surface area contributed by atoms with Gasteiger partial charge in [-0.1, -0.05) is 12.2 Å². The third-order valence-corrected chi connectivity index (χ3v) is 4.03. The fourth-order valence-electron chi connectivity index (χ4n) is 2.92. The number of carbonyl (C=O) groups is 2. The van der Waals surface area contributed by atoms with Crippen LogP contribution in [0.2, 0.25) is 0 Å². The molecule has 2 aliphatic rings. The van der Waals surface area contributed by atoms with Gasteiger partial charge in [0.15, 0.2) is 0 Å². The highest BCUT2D eigenvalue weighted by Crippen LogP contribution is 2.40. The van der Waals surface area contributed by atoms with Crippen molar-refractivity contribution in [3.8, 4) is 0 Å². The average Bonchev–Trinajstić information content (AvgIpc) is 3.08. The molecule has 9 heteroatoms. The minimum absolute atomic E-state index is 0.450. The quantitative estimate of drug-likeness (QED) is 0.658. The number of amides is 1. The maximum absolute atomic E-state index is 13.7. The highest BCUT2D eigenvalue weighted by molar-refractivity contribution is 5.96. The van der Waals surface area contributed by atoms with Gasteiger partial charge in [-0.3, -0.25) is 4.79 Å². The Morgan fingerprint density at radius 3 is 2.33 bits per heavy atom. The first-order valence-corrected chi connectivity index (χ1v) is 6.91. The Bertz CT molecular complexity index is 731. The lowest BCUT2D eigenvalue weighted by atomic mass is 9.82. The van der Waals surface area contributed by atoms with Crippen molar-refractivity contribution in [3.63, 3.8) is 0 Å². The Hall–Kier alpha value is -2.42. The van der Waals surface area contributed by atoms with Gasteiger partial charge in [-0.25, -0.2) is 4.39 Å². The smallest absolute Gasteiger partial charge is 0.416 e. The summed E-state index contributed by atoms with van der Waals surface area (Å²) in [7, 11) is 0. The molecule has 24 heavy (non-hydrogen) atoms. The summed E-state index contributed by atoms with van der Waals surface area (Å²) in [6.07, 6.45) is -3.44. The summed E-state index contributed by atoms with van der Waals surface area (Å²) in [6, 6.07) is 1.56. The van der Waals surface area contributed by atoms with E-state index < -0.39 is 59.2 Å². The van der Waals surface area contributed by atoms with E-state index in [0.29, 0.717) is 18.2 Å². The summed E-state index contributed by atoms with van der Waals surface area (Å²) in [5.74, 6) is -6.02. The summed E-state index contributed by atoms with van der Waals surface area (Å²) >= 11 is 0. The number of nitrogens with one attached hydrogen (secondary N) is 1. The molecule has 1 aromatic carbocycles. The van der Waals surface area contributed by atoms with Gasteiger partial charge in [0.1, 0.15) is 5.82 Å². The van der Waals surface area contributed by atoms with E-state index >= 15 is 0 Å². The van der Waals surface area contributed by atoms with E-state index in [2.05, 4.69) is 0 Å². The molecule has 0 aliphatic carbocycles. The van der Waals surface area contributed by atoms with Gasteiger partial charge in [0, 0.05) is 11.9 Å². The molecule has 1 N–H and O–H groups in total. The van der Waals surface area contributed by atoms with E-state index in [1.807, 2.05) is 5.32 Å². The van der Waals surface area contributed by atoms with Gasteiger partial charge in [-0.15, -0.1) is 0 Å². The maximum atomic E-state index is 13.7. The van der Waals surface area contributed by atoms with Crippen LogP contribution < -0.4 is 10.4 Å². The molecule has 1 saturated heterocycles. The number of alkyl halides is 3. The number of halogens is 4. The van der Waals surface area contributed by atoms with Crippen molar-refractivity contribution in [1.29, 1.82) is 0 Å². The zero-order valence-electron chi connectivity index (χ0n) is 11.8. The number of anilines is 1. The van der Waals surface area contributed by atoms with E-state index in [-0.39, 0.29) is 0 Å². The fourth-order valence-corrected chi connectivity index (χ4v) is 2.92. The first-order valence-electron chi connectivity index (χ1n) is 6.91. The lowest BCUT2D eigenvalue weighted by molar-refractivity contribution is -0.313. The predicted molar refractivity (Wildman–Crippen MR) is 69.8 cm³/mol. The minimum atomic E-state index is -4.71. The number of ether oxygens (including phenoxy) is 1. The summed E-state index contributed by atoms with van der Waals surface area (Å²) in [5, 5.41) is 13.2. The summed E-state index contributed by atoms with van der Waals surface area (Å²) < 4.78 is 57.0. The van der Waals surface area contributed by atoms with Crippen molar-refractivity contribution in [2.75, 3.05) is 5.32 Å². The molecule has 0 aromatic heterocycles. The van der Waals surface area contributed by atoms with Crippen LogP contribution in [0.1, 0.15) is 5.56 Å². The Morgan fingerprint density at radius 2 is 1.75 bits per heavy atom. The molecule has 0 spiro atoms. The Labute approximate surface area is 132 Å². The topological polar surface area (TPSA) is 78.5 Å². The number of benzene rings is 1. The molecule has 1 amide bonds. The van der Waals surface area contributed by atoms with Crippen LogP contribution in [0, 0.1) is 17.7 Å². The molecule has 0 radical (unpaired) electrons. The highest BCUT2D eigenvalue weighted by Gasteiger charge is 2.50. The first-order chi connectivity index (χ1) is 11.2. The van der Waals surface area contributed by atoms with E-state index in [9.17, 15) is 32.3 Å². The van der Waals surface area contributed by atoms with Gasteiger partial charge in [0.05, 0.1) is 29.4 Å². The highest BCUT2D eigenvalue weighted by atomic mass is 19.4. The number of carboxylic acids is 1. The molecule has 4 atom stereocenters. The Kier molecular flexibility index (Phi) is 3.83. The van der Waals surface area contributed by atoms with Crippen LogP contribution in [0.15, 0.2) is 30.4 Å². The molecule has 2 bridgehead atoms. The first kappa shape index (κ1) is 16.4. The van der Waals surface area contributed by atoms with E-state index in [1.165, 1.54) is 12.2 Å². The average molecular weight is 344 g/mol. The molecule has 0 unspecified atom stereocenters. The van der Waals surface area contributed by atoms with Crippen LogP contribution in [0.5, 0.6) is 0 Å². The van der Waals surface area contributed by atoms with Crippen molar-refractivity contribution < 1.29 is 37.0 Å². The number of hydrogen-bond acceptors (Lipinski definition) is 4. The molecule has 2 heterocycles. The Balaban J connectivity index is 1.85. The van der Waals surface area contributed by atoms with E-state index in [1.54, 1.807) is 0 Å². The minimum Gasteiger partial charge on any atom is -0.550 e. The summed E-state index contributed by atoms with van der Waals surface area (Å²) in [4.78, 5) is 23.5. The SMILES string of the molecule is O=C([O-])[C@@H]1[C@H](C(=O)Nc2cc(C(F)(F)F)ccc2F)[C@@H]2C=C[C@H]1O2. The van der Waals surface area contributed by atoms with Crippen LogP contribution in [-0.2, 0) is 20.5 Å². The lowest BCUT2D eigenvalue weighted by Gasteiger charge is -2.25. The van der Waals surface area contributed by atoms with Crippen molar-refractivity contribution in [1.82, 2.24) is 0 Å². The van der Waals surface area contributed by atoms with E-state index in [4.69, 9.17) is 4.74 Å². The number of carbonyl (C=O) groups excluding carboxylic acids is 2. The van der Waals surface area contributed by atoms with Crippen LogP contribution >= 0.6 is 0 Å². The Morgan fingerprint density at radius 1 is 1.12 bits per heavy atom. The molecule has 2 aliphatic heterocycles. The number of aliphatic carboxylic acids is 1. The summed E-state index contributed by atoms with van der Waals surface area (Å²) in [6.45, 7) is 0. The van der Waals surface area contributed by atoms with Gasteiger partial charge in [-0.05, 0) is 18.2 Å². The normalized spacial score (nSPS) is 28.2. The molecular formula is C15H10F4NO4-. The van der Waals surface area contributed by atoms with Crippen LogP contribution in [0.3, 0.4) is 0 Å². The third kappa shape index (κ3) is 2.75. The second-order valence-electron chi connectivity index (χ2n) is 5.50. The predicted octanol–water partition coefficient (Wildman–Crippen LogP) is 1.10. The number of fused-ring (bicyclic) bond motifs is 2. The number of rotatable bonds is 3. The van der Waals surface area contributed by atoms with Gasteiger partial charge >= 0.3 is 6.18 Å². The summed E-state index contributed by atoms with van der Waals surface area (Å²) in [5.41, 5.74) is -1.82. The largest absolute Gasteiger partial charge is 0.550 e. The second kappa shape index (κ2) is 5.59. The molecule has 1 fully saturated rings. The van der Waals surface area contributed by atoms with Gasteiger partial charge in [-0.2, -0.15) is 13.2 Å². The number of hydrogen-bond donors (Lipinski definition) is 1. The zero-order chi connectivity index (χ0) is 17.6. The van der Waals surface area contributed by atoms with Crippen LogP contribution in [0.25, 0.3) is 0 Å². The fraction of sp³-hybridized carbons (Fsp3) is 0.333. The maximum Gasteiger partial charge on any atom is 0.416 e. The van der Waals surface area contributed by atoms with Crippen molar-refractivity contribution in [3.05, 3.63) is 41.7 Å². The second-order valence-corrected chi connectivity index (χ2v) is 5.50. The molecular weight excluding hydrogens is 334 g/mol.